The van der Waals surface area contributed by atoms with Crippen LogP contribution in [0.3, 0.4) is 0 Å². The van der Waals surface area contributed by atoms with Crippen molar-refractivity contribution in [1.82, 2.24) is 29.2 Å². The van der Waals surface area contributed by atoms with E-state index >= 15 is 0 Å². The molecule has 1 aliphatic rings. The van der Waals surface area contributed by atoms with Gasteiger partial charge in [-0.25, -0.2) is 33.1 Å². The number of pyridine rings is 1. The standard InChI is InChI=1S/C28H31ClN8O4S/c1-15-12-19(16(2)31-22-6-7-23(29)33-25(22)26(38)35-42(5,40)41)24-20(13-15)27(39)36(4)28(34-24)37-11-9-18(14-37)21-8-10-30-17(3)32-21/h6-8,10,12-13,16,18,31H,9,11,14H2,1-5H3,(H,35,38)/t16-,18+/m1/s1. The van der Waals surface area contributed by atoms with Gasteiger partial charge in [-0.2, -0.15) is 0 Å². The molecule has 1 fully saturated rings. The van der Waals surface area contributed by atoms with Gasteiger partial charge < -0.3 is 10.2 Å². The summed E-state index contributed by atoms with van der Waals surface area (Å²) in [5.41, 5.74) is 3.02. The van der Waals surface area contributed by atoms with Crippen molar-refractivity contribution < 1.29 is 13.2 Å². The summed E-state index contributed by atoms with van der Waals surface area (Å²) in [5.74, 6) is 0.544. The molecule has 1 aromatic carbocycles. The van der Waals surface area contributed by atoms with Crippen LogP contribution >= 0.6 is 11.6 Å². The number of rotatable bonds is 7. The summed E-state index contributed by atoms with van der Waals surface area (Å²) in [6, 6.07) is 8.28. The molecular formula is C28H31ClN8O4S. The maximum atomic E-state index is 13.6. The fraction of sp³-hybridized carbons (Fsp3) is 0.357. The fourth-order valence-corrected chi connectivity index (χ4v) is 5.87. The van der Waals surface area contributed by atoms with E-state index in [4.69, 9.17) is 16.6 Å². The zero-order chi connectivity index (χ0) is 30.3. The van der Waals surface area contributed by atoms with Gasteiger partial charge in [-0.1, -0.05) is 17.7 Å². The van der Waals surface area contributed by atoms with Crippen molar-refractivity contribution >= 4 is 50.1 Å². The molecule has 1 saturated heterocycles. The number of nitrogens with one attached hydrogen (secondary N) is 2. The van der Waals surface area contributed by atoms with E-state index in [1.54, 1.807) is 23.9 Å². The van der Waals surface area contributed by atoms with Gasteiger partial charge in [0.05, 0.1) is 28.9 Å². The lowest BCUT2D eigenvalue weighted by molar-refractivity contribution is 0.0977. The molecule has 0 spiro atoms. The average Bonchev–Trinajstić information content (AvgIpc) is 3.41. The molecule has 1 amide bonds. The molecule has 42 heavy (non-hydrogen) atoms. The zero-order valence-corrected chi connectivity index (χ0v) is 25.4. The van der Waals surface area contributed by atoms with Crippen LogP contribution in [0.15, 0.2) is 41.3 Å². The molecule has 5 rings (SSSR count). The molecule has 1 aliphatic heterocycles. The third-order valence-electron chi connectivity index (χ3n) is 7.21. The summed E-state index contributed by atoms with van der Waals surface area (Å²) in [7, 11) is -2.11. The lowest BCUT2D eigenvalue weighted by Crippen LogP contribution is -2.31. The Kier molecular flexibility index (Phi) is 7.90. The molecule has 0 radical (unpaired) electrons. The second-order valence-electron chi connectivity index (χ2n) is 10.6. The topological polar surface area (TPSA) is 152 Å². The van der Waals surface area contributed by atoms with Crippen LogP contribution in [0.2, 0.25) is 5.15 Å². The lowest BCUT2D eigenvalue weighted by atomic mass is 10.0. The van der Waals surface area contributed by atoms with Crippen molar-refractivity contribution in [3.05, 3.63) is 80.4 Å². The van der Waals surface area contributed by atoms with Crippen molar-refractivity contribution in [1.29, 1.82) is 0 Å². The monoisotopic (exact) mass is 610 g/mol. The lowest BCUT2D eigenvalue weighted by Gasteiger charge is -2.23. The minimum atomic E-state index is -3.83. The summed E-state index contributed by atoms with van der Waals surface area (Å²) >= 11 is 6.03. The highest BCUT2D eigenvalue weighted by Crippen LogP contribution is 2.32. The van der Waals surface area contributed by atoms with Gasteiger partial charge in [0.25, 0.3) is 11.5 Å². The largest absolute Gasteiger partial charge is 0.377 e. The van der Waals surface area contributed by atoms with E-state index in [0.29, 0.717) is 29.9 Å². The summed E-state index contributed by atoms with van der Waals surface area (Å²) in [6.45, 7) is 7.00. The van der Waals surface area contributed by atoms with E-state index in [0.717, 1.165) is 35.3 Å². The maximum Gasteiger partial charge on any atom is 0.285 e. The Hall–Kier alpha value is -4.10. The van der Waals surface area contributed by atoms with Crippen LogP contribution in [0.25, 0.3) is 10.9 Å². The first-order valence-electron chi connectivity index (χ1n) is 13.3. The van der Waals surface area contributed by atoms with Crippen LogP contribution in [0.1, 0.15) is 58.4 Å². The van der Waals surface area contributed by atoms with E-state index in [9.17, 15) is 18.0 Å². The number of amides is 1. The van der Waals surface area contributed by atoms with Crippen LogP contribution in [0.4, 0.5) is 11.6 Å². The van der Waals surface area contributed by atoms with E-state index in [-0.39, 0.29) is 28.0 Å². The molecule has 220 valence electrons. The van der Waals surface area contributed by atoms with Gasteiger partial charge in [-0.3, -0.25) is 14.2 Å². The number of carbonyl (C=O) groups excluding carboxylic acids is 1. The van der Waals surface area contributed by atoms with Gasteiger partial charge in [-0.05, 0) is 57.0 Å². The Bertz CT molecular complexity index is 1880. The fourth-order valence-electron chi connectivity index (χ4n) is 5.29. The zero-order valence-electron chi connectivity index (χ0n) is 23.8. The van der Waals surface area contributed by atoms with Crippen molar-refractivity contribution in [2.45, 2.75) is 39.2 Å². The Morgan fingerprint density at radius 1 is 1.14 bits per heavy atom. The van der Waals surface area contributed by atoms with Crippen molar-refractivity contribution in [3.8, 4) is 0 Å². The molecule has 12 nitrogen and oxygen atoms in total. The molecule has 0 unspecified atom stereocenters. The summed E-state index contributed by atoms with van der Waals surface area (Å²) in [5, 5.41) is 3.74. The quantitative estimate of drug-likeness (QED) is 0.298. The van der Waals surface area contributed by atoms with Crippen LogP contribution in [0.5, 0.6) is 0 Å². The third kappa shape index (κ3) is 6.07. The number of anilines is 2. The molecular weight excluding hydrogens is 580 g/mol. The number of hydrogen-bond acceptors (Lipinski definition) is 10. The van der Waals surface area contributed by atoms with Gasteiger partial charge in [0.15, 0.2) is 5.69 Å². The highest BCUT2D eigenvalue weighted by Gasteiger charge is 2.29. The Labute approximate surface area is 248 Å². The molecule has 2 N–H and O–H groups in total. The smallest absolute Gasteiger partial charge is 0.285 e. The number of carbonyl (C=O) groups is 1. The van der Waals surface area contributed by atoms with Gasteiger partial charge in [0, 0.05) is 43.5 Å². The third-order valence-corrected chi connectivity index (χ3v) is 7.98. The maximum absolute atomic E-state index is 13.6. The molecule has 4 heterocycles. The number of hydrogen-bond donors (Lipinski definition) is 2. The highest BCUT2D eigenvalue weighted by molar-refractivity contribution is 7.89. The van der Waals surface area contributed by atoms with E-state index < -0.39 is 22.0 Å². The first kappa shape index (κ1) is 29.4. The van der Waals surface area contributed by atoms with Crippen LogP contribution in [-0.2, 0) is 17.1 Å². The SMILES string of the molecule is Cc1cc([C@@H](C)Nc2ccc(Cl)nc2C(=O)NS(C)(=O)=O)c2nc(N3CC[C@H](c4ccnc(C)n4)C3)n(C)c(=O)c2c1. The van der Waals surface area contributed by atoms with Gasteiger partial charge in [-0.15, -0.1) is 0 Å². The molecule has 0 aliphatic carbocycles. The molecule has 3 aromatic heterocycles. The normalized spacial score (nSPS) is 16.0. The second kappa shape index (κ2) is 11.3. The Morgan fingerprint density at radius 2 is 1.90 bits per heavy atom. The number of aryl methyl sites for hydroxylation is 2. The summed E-state index contributed by atoms with van der Waals surface area (Å²) in [4.78, 5) is 46.3. The van der Waals surface area contributed by atoms with Crippen molar-refractivity contribution in [3.63, 3.8) is 0 Å². The number of halogens is 1. The van der Waals surface area contributed by atoms with E-state index in [1.165, 1.54) is 6.07 Å². The number of sulfonamides is 1. The predicted octanol–water partition coefficient (Wildman–Crippen LogP) is 3.25. The minimum absolute atomic E-state index is 0.0312. The molecule has 2 atom stereocenters. The van der Waals surface area contributed by atoms with Crippen molar-refractivity contribution in [2.75, 3.05) is 29.6 Å². The Morgan fingerprint density at radius 3 is 2.62 bits per heavy atom. The first-order chi connectivity index (χ1) is 19.8. The van der Waals surface area contributed by atoms with Crippen LogP contribution in [-0.4, -0.2) is 58.2 Å². The van der Waals surface area contributed by atoms with Gasteiger partial charge in [0.2, 0.25) is 16.0 Å². The first-order valence-corrected chi connectivity index (χ1v) is 15.6. The van der Waals surface area contributed by atoms with E-state index in [1.807, 2.05) is 43.7 Å². The number of aromatic nitrogens is 5. The number of nitrogens with zero attached hydrogens (tertiary/aromatic N) is 6. The van der Waals surface area contributed by atoms with E-state index in [2.05, 4.69) is 25.2 Å². The average molecular weight is 611 g/mol. The molecule has 0 saturated carbocycles. The molecule has 4 aromatic rings. The predicted molar refractivity (Wildman–Crippen MR) is 162 cm³/mol. The minimum Gasteiger partial charge on any atom is -0.377 e. The van der Waals surface area contributed by atoms with Crippen molar-refractivity contribution in [2.24, 2.45) is 7.05 Å². The summed E-state index contributed by atoms with van der Waals surface area (Å²) in [6.07, 6.45) is 3.51. The number of benzene rings is 1. The summed E-state index contributed by atoms with van der Waals surface area (Å²) < 4.78 is 26.9. The molecule has 14 heteroatoms. The van der Waals surface area contributed by atoms with Gasteiger partial charge in [0.1, 0.15) is 11.0 Å². The molecule has 0 bridgehead atoms. The van der Waals surface area contributed by atoms with Crippen LogP contribution in [0, 0.1) is 13.8 Å². The second-order valence-corrected chi connectivity index (χ2v) is 12.7. The number of fused-ring (bicyclic) bond motifs is 1. The van der Waals surface area contributed by atoms with Crippen LogP contribution < -0.4 is 20.5 Å². The highest BCUT2D eigenvalue weighted by atomic mass is 35.5. The Balaban J connectivity index is 1.52. The van der Waals surface area contributed by atoms with Gasteiger partial charge >= 0.3 is 0 Å².